The van der Waals surface area contributed by atoms with E-state index in [1.165, 1.54) is 23.1 Å². The van der Waals surface area contributed by atoms with Gasteiger partial charge in [0.05, 0.1) is 19.0 Å². The molecular formula is C29H40N4O3. The van der Waals surface area contributed by atoms with Crippen LogP contribution in [0, 0.1) is 11.8 Å². The summed E-state index contributed by atoms with van der Waals surface area (Å²) in [5.74, 6) is 1.23. The fourth-order valence-corrected chi connectivity index (χ4v) is 5.72. The van der Waals surface area contributed by atoms with Crippen LogP contribution in [0.4, 0.5) is 0 Å². The van der Waals surface area contributed by atoms with Gasteiger partial charge in [0, 0.05) is 43.5 Å². The Morgan fingerprint density at radius 2 is 2.03 bits per heavy atom. The minimum absolute atomic E-state index is 0.268. The number of carbonyl (C=O) groups is 1. The van der Waals surface area contributed by atoms with Crippen molar-refractivity contribution < 1.29 is 14.6 Å². The first kappa shape index (κ1) is 26.1. The molecule has 1 aliphatic heterocycles. The average Bonchev–Trinajstić information content (AvgIpc) is 3.30. The maximum atomic E-state index is 11.3. The predicted octanol–water partition coefficient (Wildman–Crippen LogP) is 5.13. The molecule has 2 atom stereocenters. The van der Waals surface area contributed by atoms with Gasteiger partial charge in [-0.1, -0.05) is 0 Å². The zero-order valence-corrected chi connectivity index (χ0v) is 21.7. The molecule has 2 aromatic heterocycles. The Hall–Kier alpha value is -2.93. The third kappa shape index (κ3) is 7.06. The number of pyridine rings is 1. The molecule has 0 aliphatic carbocycles. The lowest BCUT2D eigenvalue weighted by Crippen LogP contribution is -2.41. The molecule has 1 N–H and O–H groups in total. The summed E-state index contributed by atoms with van der Waals surface area (Å²) in [5, 5.41) is 10.5. The number of carboxylic acids is 1. The highest BCUT2D eigenvalue weighted by Gasteiger charge is 2.29. The van der Waals surface area contributed by atoms with Crippen LogP contribution in [0.5, 0.6) is 5.75 Å². The third-order valence-corrected chi connectivity index (χ3v) is 7.84. The van der Waals surface area contributed by atoms with Crippen molar-refractivity contribution in [3.63, 3.8) is 0 Å². The number of benzene rings is 1. The molecule has 1 aromatic carbocycles. The van der Waals surface area contributed by atoms with Gasteiger partial charge in [0.2, 0.25) is 0 Å². The summed E-state index contributed by atoms with van der Waals surface area (Å²) in [6, 6.07) is 8.18. The smallest absolute Gasteiger partial charge is 0.303 e. The lowest BCUT2D eigenvalue weighted by Gasteiger charge is -2.39. The fourth-order valence-electron chi connectivity index (χ4n) is 5.72. The van der Waals surface area contributed by atoms with E-state index >= 15 is 0 Å². The number of rotatable bonds is 13. The van der Waals surface area contributed by atoms with Crippen LogP contribution in [0.3, 0.4) is 0 Å². The lowest BCUT2D eigenvalue weighted by atomic mass is 9.79. The third-order valence-electron chi connectivity index (χ3n) is 7.84. The number of unbranched alkanes of at least 4 members (excludes halogenated alkanes) is 1. The van der Waals surface area contributed by atoms with Gasteiger partial charge in [-0.15, -0.1) is 0 Å². The number of hydrogen-bond donors (Lipinski definition) is 1. The number of imidazole rings is 1. The first-order valence-corrected chi connectivity index (χ1v) is 13.3. The molecule has 3 aromatic rings. The molecule has 1 fully saturated rings. The average molecular weight is 493 g/mol. The van der Waals surface area contributed by atoms with E-state index in [0.717, 1.165) is 75.8 Å². The van der Waals surface area contributed by atoms with Crippen LogP contribution in [0.2, 0.25) is 0 Å². The van der Waals surface area contributed by atoms with Gasteiger partial charge < -0.3 is 19.3 Å². The van der Waals surface area contributed by atoms with Crippen LogP contribution < -0.4 is 4.74 Å². The van der Waals surface area contributed by atoms with Crippen LogP contribution in [-0.4, -0.2) is 57.3 Å². The number of aromatic nitrogens is 3. The van der Waals surface area contributed by atoms with Crippen LogP contribution in [0.1, 0.15) is 56.2 Å². The van der Waals surface area contributed by atoms with Gasteiger partial charge in [0.1, 0.15) is 5.75 Å². The van der Waals surface area contributed by atoms with Gasteiger partial charge in [-0.2, -0.15) is 0 Å². The maximum absolute atomic E-state index is 11.3. The molecule has 3 heterocycles. The highest BCUT2D eigenvalue weighted by Crippen LogP contribution is 2.32. The molecule has 0 spiro atoms. The Labute approximate surface area is 214 Å². The van der Waals surface area contributed by atoms with E-state index in [1.807, 2.05) is 37.9 Å². The Morgan fingerprint density at radius 1 is 1.14 bits per heavy atom. The second-order valence-corrected chi connectivity index (χ2v) is 10.2. The molecule has 7 nitrogen and oxygen atoms in total. The molecule has 0 amide bonds. The number of likely N-dealkylation sites (tertiary alicyclic amines) is 1. The first-order valence-electron chi connectivity index (χ1n) is 13.3. The fraction of sp³-hybridized carbons (Fsp3) is 0.552. The Bertz CT molecular complexity index is 1130. The number of aliphatic carboxylic acids is 1. The molecule has 7 heteroatoms. The van der Waals surface area contributed by atoms with Crippen molar-refractivity contribution in [2.75, 3.05) is 26.7 Å². The van der Waals surface area contributed by atoms with E-state index in [4.69, 9.17) is 4.74 Å². The molecule has 2 unspecified atom stereocenters. The number of nitrogens with zero attached hydrogens (tertiary/aromatic N) is 4. The van der Waals surface area contributed by atoms with Crippen molar-refractivity contribution in [3.05, 3.63) is 54.2 Å². The number of ether oxygens (including phenoxy) is 1. The molecule has 0 bridgehead atoms. The van der Waals surface area contributed by atoms with Gasteiger partial charge in [-0.05, 0) is 106 Å². The van der Waals surface area contributed by atoms with Crippen molar-refractivity contribution in [2.24, 2.45) is 18.9 Å². The molecule has 1 aliphatic rings. The second-order valence-electron chi connectivity index (χ2n) is 10.2. The summed E-state index contributed by atoms with van der Waals surface area (Å²) in [4.78, 5) is 22.6. The summed E-state index contributed by atoms with van der Waals surface area (Å²) in [6.07, 6.45) is 14.6. The topological polar surface area (TPSA) is 80.5 Å². The summed E-state index contributed by atoms with van der Waals surface area (Å²) in [6.45, 7) is 3.24. The van der Waals surface area contributed by atoms with Gasteiger partial charge >= 0.3 is 5.97 Å². The van der Waals surface area contributed by atoms with E-state index in [9.17, 15) is 9.90 Å². The number of hydrogen-bond acceptors (Lipinski definition) is 5. The van der Waals surface area contributed by atoms with Crippen LogP contribution in [0.15, 0.2) is 43.0 Å². The van der Waals surface area contributed by atoms with E-state index in [1.54, 1.807) is 7.11 Å². The molecule has 4 rings (SSSR count). The normalized spacial score (nSPS) is 18.5. The van der Waals surface area contributed by atoms with E-state index in [-0.39, 0.29) is 6.42 Å². The zero-order valence-electron chi connectivity index (χ0n) is 21.7. The number of piperidine rings is 1. The summed E-state index contributed by atoms with van der Waals surface area (Å²) >= 11 is 0. The Balaban J connectivity index is 1.29. The first-order chi connectivity index (χ1) is 17.5. The summed E-state index contributed by atoms with van der Waals surface area (Å²) < 4.78 is 7.52. The van der Waals surface area contributed by atoms with Crippen molar-refractivity contribution in [1.29, 1.82) is 0 Å². The van der Waals surface area contributed by atoms with Gasteiger partial charge in [-0.3, -0.25) is 9.78 Å². The predicted molar refractivity (Wildman–Crippen MR) is 142 cm³/mol. The zero-order chi connectivity index (χ0) is 25.3. The standard InChI is InChI=1S/C29H40N4O3/c1-32-21-30-19-25(32)8-3-4-16-33-17-14-22(24(20-33)9-12-29(34)35)6-5-7-23-13-15-31-28-11-10-26(36-2)18-27(23)28/h10-11,13,15,18-19,21-22,24H,3-9,12,14,16-17,20H2,1-2H3,(H,34,35). The van der Waals surface area contributed by atoms with Crippen molar-refractivity contribution in [2.45, 2.75) is 57.8 Å². The van der Waals surface area contributed by atoms with Crippen LogP contribution in [0.25, 0.3) is 10.9 Å². The number of carboxylic acid groups (broad SMARTS) is 1. The monoisotopic (exact) mass is 492 g/mol. The van der Waals surface area contributed by atoms with E-state index < -0.39 is 5.97 Å². The number of aryl methyl sites for hydroxylation is 3. The van der Waals surface area contributed by atoms with Crippen molar-refractivity contribution in [3.8, 4) is 5.75 Å². The molecule has 0 saturated carbocycles. The second kappa shape index (κ2) is 12.9. The van der Waals surface area contributed by atoms with Gasteiger partial charge in [0.15, 0.2) is 0 Å². The lowest BCUT2D eigenvalue weighted by molar-refractivity contribution is -0.137. The minimum Gasteiger partial charge on any atom is -0.497 e. The molecule has 194 valence electrons. The Morgan fingerprint density at radius 3 is 2.81 bits per heavy atom. The molecule has 1 saturated heterocycles. The van der Waals surface area contributed by atoms with E-state index in [0.29, 0.717) is 11.8 Å². The maximum Gasteiger partial charge on any atom is 0.303 e. The SMILES string of the molecule is COc1ccc2nccc(CCCC3CCN(CCCCc4cncn4C)CC3CCC(=O)O)c2c1. The quantitative estimate of drug-likeness (QED) is 0.333. The number of fused-ring (bicyclic) bond motifs is 1. The van der Waals surface area contributed by atoms with E-state index in [2.05, 4.69) is 31.6 Å². The Kier molecular flexibility index (Phi) is 9.34. The minimum atomic E-state index is -0.681. The molecule has 0 radical (unpaired) electrons. The molecule has 36 heavy (non-hydrogen) atoms. The van der Waals surface area contributed by atoms with Crippen molar-refractivity contribution >= 4 is 16.9 Å². The highest BCUT2D eigenvalue weighted by atomic mass is 16.5. The number of methoxy groups -OCH3 is 1. The highest BCUT2D eigenvalue weighted by molar-refractivity contribution is 5.83. The van der Waals surface area contributed by atoms with Crippen LogP contribution in [-0.2, 0) is 24.7 Å². The van der Waals surface area contributed by atoms with Gasteiger partial charge in [-0.25, -0.2) is 4.98 Å². The summed E-state index contributed by atoms with van der Waals surface area (Å²) in [5.41, 5.74) is 3.60. The van der Waals surface area contributed by atoms with Crippen molar-refractivity contribution in [1.82, 2.24) is 19.4 Å². The largest absolute Gasteiger partial charge is 0.497 e. The van der Waals surface area contributed by atoms with Crippen LogP contribution >= 0.6 is 0 Å². The molecular weight excluding hydrogens is 452 g/mol. The van der Waals surface area contributed by atoms with Gasteiger partial charge in [0.25, 0.3) is 0 Å². The summed E-state index contributed by atoms with van der Waals surface area (Å²) in [7, 11) is 3.75.